The van der Waals surface area contributed by atoms with Gasteiger partial charge in [0, 0.05) is 41.8 Å². The molecule has 2 aliphatic rings. The Morgan fingerprint density at radius 2 is 1.74 bits per heavy atom. The van der Waals surface area contributed by atoms with E-state index in [0.717, 1.165) is 41.2 Å². The zero-order valence-electron chi connectivity index (χ0n) is 18.5. The molecule has 0 bridgehead atoms. The van der Waals surface area contributed by atoms with Crippen molar-refractivity contribution in [1.29, 1.82) is 0 Å². The van der Waals surface area contributed by atoms with Crippen LogP contribution in [0.2, 0.25) is 0 Å². The van der Waals surface area contributed by atoms with E-state index < -0.39 is 0 Å². The average molecular weight is 457 g/mol. The van der Waals surface area contributed by atoms with Crippen LogP contribution in [0.5, 0.6) is 11.6 Å². The Labute approximate surface area is 196 Å². The molecular weight excluding hydrogens is 434 g/mol. The summed E-state index contributed by atoms with van der Waals surface area (Å²) in [6.45, 7) is 1.25. The maximum Gasteiger partial charge on any atom is 0.213 e. The highest BCUT2D eigenvalue weighted by atomic mass is 16.6. The number of aromatic amines is 1. The SMILES string of the molecule is COc1ccc(-c2nc(-c3ccc(-c4ccc(O[C@H]5CO[C@@H]6CCO[C@H]56)nc4)nc3)n[nH]2)cc1. The summed E-state index contributed by atoms with van der Waals surface area (Å²) in [6.07, 6.45) is 4.46. The molecule has 1 N–H and O–H groups in total. The Morgan fingerprint density at radius 3 is 2.50 bits per heavy atom. The number of H-pyrrole nitrogens is 1. The average Bonchev–Trinajstić information content (AvgIpc) is 3.64. The highest BCUT2D eigenvalue weighted by molar-refractivity contribution is 5.64. The van der Waals surface area contributed by atoms with E-state index in [4.69, 9.17) is 18.9 Å². The second-order valence-corrected chi connectivity index (χ2v) is 8.21. The first kappa shape index (κ1) is 20.8. The summed E-state index contributed by atoms with van der Waals surface area (Å²) in [5.41, 5.74) is 3.44. The molecule has 0 spiro atoms. The molecule has 3 aromatic heterocycles. The van der Waals surface area contributed by atoms with E-state index in [9.17, 15) is 0 Å². The zero-order valence-corrected chi connectivity index (χ0v) is 18.5. The first-order valence-corrected chi connectivity index (χ1v) is 11.2. The van der Waals surface area contributed by atoms with Gasteiger partial charge in [0.15, 0.2) is 17.8 Å². The van der Waals surface area contributed by atoms with E-state index in [-0.39, 0.29) is 18.3 Å². The van der Waals surface area contributed by atoms with Crippen LogP contribution in [-0.2, 0) is 9.47 Å². The zero-order chi connectivity index (χ0) is 22.9. The van der Waals surface area contributed by atoms with Crippen molar-refractivity contribution in [3.8, 4) is 45.7 Å². The number of pyridine rings is 2. The van der Waals surface area contributed by atoms with Gasteiger partial charge in [-0.25, -0.2) is 9.97 Å². The van der Waals surface area contributed by atoms with Crippen molar-refractivity contribution in [2.24, 2.45) is 0 Å². The Kier molecular flexibility index (Phi) is 5.40. The summed E-state index contributed by atoms with van der Waals surface area (Å²) < 4.78 is 22.7. The van der Waals surface area contributed by atoms with E-state index in [1.807, 2.05) is 48.5 Å². The lowest BCUT2D eigenvalue weighted by Gasteiger charge is -2.17. The van der Waals surface area contributed by atoms with Gasteiger partial charge in [-0.05, 0) is 48.9 Å². The fourth-order valence-corrected chi connectivity index (χ4v) is 4.25. The Bertz CT molecular complexity index is 1260. The van der Waals surface area contributed by atoms with Crippen molar-refractivity contribution in [3.63, 3.8) is 0 Å². The van der Waals surface area contributed by atoms with Gasteiger partial charge in [0.05, 0.1) is 25.5 Å². The standard InChI is InChI=1S/C25H23N5O4/c1-31-18-6-2-15(3-7-18)24-28-25(30-29-24)17-4-8-19(26-13-17)16-5-9-22(27-12-16)34-21-14-33-20-10-11-32-23(20)21/h2-9,12-13,20-21,23H,10-11,14H2,1H3,(H,28,29,30)/t20-,21+,23+/m1/s1. The van der Waals surface area contributed by atoms with Crippen molar-refractivity contribution in [2.75, 3.05) is 20.3 Å². The molecule has 0 aliphatic carbocycles. The van der Waals surface area contributed by atoms with E-state index >= 15 is 0 Å². The van der Waals surface area contributed by atoms with Gasteiger partial charge in [0.25, 0.3) is 0 Å². The highest BCUT2D eigenvalue weighted by Gasteiger charge is 2.43. The normalized spacial score (nSPS) is 21.4. The molecular formula is C25H23N5O4. The summed E-state index contributed by atoms with van der Waals surface area (Å²) in [4.78, 5) is 13.6. The van der Waals surface area contributed by atoms with Gasteiger partial charge in [-0.15, -0.1) is 0 Å². The second kappa shape index (κ2) is 8.85. The van der Waals surface area contributed by atoms with Crippen molar-refractivity contribution < 1.29 is 18.9 Å². The summed E-state index contributed by atoms with van der Waals surface area (Å²) in [6, 6.07) is 15.3. The number of hydrogen-bond acceptors (Lipinski definition) is 8. The molecule has 4 aromatic rings. The van der Waals surface area contributed by atoms with Gasteiger partial charge in [-0.1, -0.05) is 0 Å². The Balaban J connectivity index is 1.13. The van der Waals surface area contributed by atoms with Gasteiger partial charge in [0.1, 0.15) is 11.9 Å². The van der Waals surface area contributed by atoms with Crippen LogP contribution in [0, 0.1) is 0 Å². The molecule has 0 saturated carbocycles. The fraction of sp³-hybridized carbons (Fsp3) is 0.280. The maximum atomic E-state index is 6.00. The molecule has 2 aliphatic heterocycles. The van der Waals surface area contributed by atoms with Crippen molar-refractivity contribution in [2.45, 2.75) is 24.7 Å². The molecule has 34 heavy (non-hydrogen) atoms. The van der Waals surface area contributed by atoms with E-state index in [1.54, 1.807) is 19.5 Å². The second-order valence-electron chi connectivity index (χ2n) is 8.21. The largest absolute Gasteiger partial charge is 0.497 e. The van der Waals surface area contributed by atoms with Crippen molar-refractivity contribution in [1.82, 2.24) is 25.1 Å². The van der Waals surface area contributed by atoms with Gasteiger partial charge in [-0.3, -0.25) is 10.1 Å². The molecule has 3 atom stereocenters. The predicted molar refractivity (Wildman–Crippen MR) is 123 cm³/mol. The Hall–Kier alpha value is -3.82. The molecule has 1 aromatic carbocycles. The maximum absolute atomic E-state index is 6.00. The number of hydrogen-bond donors (Lipinski definition) is 1. The van der Waals surface area contributed by atoms with Crippen LogP contribution < -0.4 is 9.47 Å². The lowest BCUT2D eigenvalue weighted by Crippen LogP contribution is -2.32. The topological polar surface area (TPSA) is 104 Å². The molecule has 0 unspecified atom stereocenters. The van der Waals surface area contributed by atoms with Gasteiger partial charge in [0.2, 0.25) is 5.88 Å². The summed E-state index contributed by atoms with van der Waals surface area (Å²) in [5.74, 6) is 2.61. The number of nitrogens with one attached hydrogen (secondary N) is 1. The van der Waals surface area contributed by atoms with Gasteiger partial charge >= 0.3 is 0 Å². The van der Waals surface area contributed by atoms with Crippen LogP contribution in [0.15, 0.2) is 60.9 Å². The third-order valence-electron chi connectivity index (χ3n) is 6.09. The monoisotopic (exact) mass is 457 g/mol. The molecule has 172 valence electrons. The molecule has 0 amide bonds. The lowest BCUT2D eigenvalue weighted by molar-refractivity contribution is 0.0289. The van der Waals surface area contributed by atoms with Crippen LogP contribution in [0.3, 0.4) is 0 Å². The van der Waals surface area contributed by atoms with Crippen molar-refractivity contribution >= 4 is 0 Å². The molecule has 9 nitrogen and oxygen atoms in total. The summed E-state index contributed by atoms with van der Waals surface area (Å²) >= 11 is 0. The van der Waals surface area contributed by atoms with E-state index in [0.29, 0.717) is 24.1 Å². The molecule has 5 heterocycles. The predicted octanol–water partition coefficient (Wildman–Crippen LogP) is 3.54. The first-order valence-electron chi connectivity index (χ1n) is 11.2. The quantitative estimate of drug-likeness (QED) is 0.469. The number of rotatable bonds is 6. The van der Waals surface area contributed by atoms with Crippen LogP contribution in [-0.4, -0.2) is 63.8 Å². The minimum Gasteiger partial charge on any atom is -0.497 e. The van der Waals surface area contributed by atoms with Crippen molar-refractivity contribution in [3.05, 3.63) is 60.9 Å². The van der Waals surface area contributed by atoms with Crippen LogP contribution in [0.4, 0.5) is 0 Å². The number of methoxy groups -OCH3 is 1. The van der Waals surface area contributed by atoms with Crippen LogP contribution >= 0.6 is 0 Å². The lowest BCUT2D eigenvalue weighted by atomic mass is 10.1. The molecule has 2 saturated heterocycles. The molecule has 0 radical (unpaired) electrons. The minimum atomic E-state index is -0.118. The minimum absolute atomic E-state index is 0.00317. The molecule has 2 fully saturated rings. The molecule has 6 rings (SSSR count). The van der Waals surface area contributed by atoms with Gasteiger partial charge < -0.3 is 18.9 Å². The third kappa shape index (κ3) is 4.00. The van der Waals surface area contributed by atoms with Crippen LogP contribution in [0.1, 0.15) is 6.42 Å². The number of fused-ring (bicyclic) bond motifs is 1. The number of aromatic nitrogens is 5. The summed E-state index contributed by atoms with van der Waals surface area (Å²) in [7, 11) is 1.64. The first-order chi connectivity index (χ1) is 16.8. The third-order valence-corrected chi connectivity index (χ3v) is 6.09. The van der Waals surface area contributed by atoms with E-state index in [2.05, 4.69) is 25.1 Å². The molecule has 9 heteroatoms. The summed E-state index contributed by atoms with van der Waals surface area (Å²) in [5, 5.41) is 7.32. The van der Waals surface area contributed by atoms with Crippen LogP contribution in [0.25, 0.3) is 34.0 Å². The Morgan fingerprint density at radius 1 is 0.912 bits per heavy atom. The number of benzene rings is 1. The highest BCUT2D eigenvalue weighted by Crippen LogP contribution is 2.30. The van der Waals surface area contributed by atoms with E-state index in [1.165, 1.54) is 0 Å². The fourth-order valence-electron chi connectivity index (χ4n) is 4.25. The smallest absolute Gasteiger partial charge is 0.213 e. The number of nitrogens with zero attached hydrogens (tertiary/aromatic N) is 4. The number of ether oxygens (including phenoxy) is 4. The van der Waals surface area contributed by atoms with Gasteiger partial charge in [-0.2, -0.15) is 5.10 Å².